The van der Waals surface area contributed by atoms with E-state index in [2.05, 4.69) is 20.8 Å². The molecule has 1 rings (SSSR count). The van der Waals surface area contributed by atoms with Gasteiger partial charge in [-0.25, -0.2) is 0 Å². The van der Waals surface area contributed by atoms with Crippen molar-refractivity contribution in [2.24, 2.45) is 11.8 Å². The molecule has 1 aliphatic rings. The molecular weight excluding hydrogens is 232 g/mol. The standard InChI is InChI=1S/C14H28O4/c1-4-6-10(3)12(5-2)14(16)13(15)7-11-8-17-9-18-11/h10-16H,4-9H2,1-3H3/t10-,11-,12-,13-,14+/m0/s1. The van der Waals surface area contributed by atoms with Crippen LogP contribution in [0.5, 0.6) is 0 Å². The minimum absolute atomic E-state index is 0.0753. The Labute approximate surface area is 110 Å². The van der Waals surface area contributed by atoms with Gasteiger partial charge in [0.15, 0.2) is 0 Å². The summed E-state index contributed by atoms with van der Waals surface area (Å²) in [5.41, 5.74) is 0. The Morgan fingerprint density at radius 1 is 1.28 bits per heavy atom. The van der Waals surface area contributed by atoms with Gasteiger partial charge >= 0.3 is 0 Å². The smallest absolute Gasteiger partial charge is 0.147 e. The summed E-state index contributed by atoms with van der Waals surface area (Å²) in [7, 11) is 0. The molecule has 1 heterocycles. The molecule has 0 aromatic heterocycles. The molecule has 4 heteroatoms. The molecule has 1 aliphatic heterocycles. The Balaban J connectivity index is 2.45. The van der Waals surface area contributed by atoms with Gasteiger partial charge in [0.1, 0.15) is 6.79 Å². The molecule has 0 radical (unpaired) electrons. The van der Waals surface area contributed by atoms with Crippen molar-refractivity contribution < 1.29 is 19.7 Å². The number of aliphatic hydroxyl groups is 2. The van der Waals surface area contributed by atoms with Gasteiger partial charge in [-0.3, -0.25) is 0 Å². The molecule has 1 saturated heterocycles. The maximum absolute atomic E-state index is 10.3. The normalized spacial score (nSPS) is 26.8. The molecule has 2 N–H and O–H groups in total. The van der Waals surface area contributed by atoms with E-state index in [0.717, 1.165) is 19.3 Å². The molecule has 0 aliphatic carbocycles. The average molecular weight is 260 g/mol. The SMILES string of the molecule is CCC[C@H](C)[C@H](CC)[C@@H](O)[C@@H](O)C[C@H]1COCO1. The Hall–Kier alpha value is -0.160. The fraction of sp³-hybridized carbons (Fsp3) is 1.00. The van der Waals surface area contributed by atoms with Crippen LogP contribution in [0.25, 0.3) is 0 Å². The maximum Gasteiger partial charge on any atom is 0.147 e. The van der Waals surface area contributed by atoms with Gasteiger partial charge in [0.05, 0.1) is 24.9 Å². The largest absolute Gasteiger partial charge is 0.390 e. The molecule has 0 amide bonds. The second kappa shape index (κ2) is 8.10. The van der Waals surface area contributed by atoms with Crippen LogP contribution in [0.1, 0.15) is 46.5 Å². The summed E-state index contributed by atoms with van der Waals surface area (Å²) in [4.78, 5) is 0. The van der Waals surface area contributed by atoms with Crippen molar-refractivity contribution in [3.05, 3.63) is 0 Å². The first kappa shape index (κ1) is 15.9. The predicted octanol–water partition coefficient (Wildman–Crippen LogP) is 1.93. The minimum Gasteiger partial charge on any atom is -0.390 e. The van der Waals surface area contributed by atoms with Crippen LogP contribution in [0.4, 0.5) is 0 Å². The van der Waals surface area contributed by atoms with Crippen molar-refractivity contribution in [2.75, 3.05) is 13.4 Å². The van der Waals surface area contributed by atoms with E-state index in [1.165, 1.54) is 0 Å². The summed E-state index contributed by atoms with van der Waals surface area (Å²) in [6, 6.07) is 0. The van der Waals surface area contributed by atoms with Crippen LogP contribution in [0, 0.1) is 11.8 Å². The highest BCUT2D eigenvalue weighted by Gasteiger charge is 2.31. The Kier molecular flexibility index (Phi) is 7.15. The van der Waals surface area contributed by atoms with Gasteiger partial charge in [-0.05, 0) is 11.8 Å². The lowest BCUT2D eigenvalue weighted by Crippen LogP contribution is -2.39. The zero-order valence-electron chi connectivity index (χ0n) is 11.8. The summed E-state index contributed by atoms with van der Waals surface area (Å²) >= 11 is 0. The van der Waals surface area contributed by atoms with Crippen LogP contribution >= 0.6 is 0 Å². The maximum atomic E-state index is 10.3. The number of hydrogen-bond acceptors (Lipinski definition) is 4. The fourth-order valence-electron chi connectivity index (χ4n) is 2.85. The van der Waals surface area contributed by atoms with Gasteiger partial charge in [-0.1, -0.05) is 40.0 Å². The van der Waals surface area contributed by atoms with E-state index in [4.69, 9.17) is 9.47 Å². The van der Waals surface area contributed by atoms with Gasteiger partial charge < -0.3 is 19.7 Å². The quantitative estimate of drug-likeness (QED) is 0.700. The van der Waals surface area contributed by atoms with E-state index in [-0.39, 0.29) is 12.0 Å². The molecule has 0 spiro atoms. The van der Waals surface area contributed by atoms with Crippen molar-refractivity contribution in [3.8, 4) is 0 Å². The third-order valence-corrected chi connectivity index (χ3v) is 3.97. The van der Waals surface area contributed by atoms with Gasteiger partial charge in [-0.15, -0.1) is 0 Å². The zero-order chi connectivity index (χ0) is 13.5. The monoisotopic (exact) mass is 260 g/mol. The molecule has 4 nitrogen and oxygen atoms in total. The summed E-state index contributed by atoms with van der Waals surface area (Å²) < 4.78 is 10.4. The van der Waals surface area contributed by atoms with Crippen molar-refractivity contribution >= 4 is 0 Å². The van der Waals surface area contributed by atoms with E-state index < -0.39 is 12.2 Å². The molecule has 1 fully saturated rings. The predicted molar refractivity (Wildman–Crippen MR) is 70.2 cm³/mol. The first-order valence-electron chi connectivity index (χ1n) is 7.15. The average Bonchev–Trinajstić information content (AvgIpc) is 2.83. The lowest BCUT2D eigenvalue weighted by Gasteiger charge is -2.31. The molecule has 5 atom stereocenters. The second-order valence-electron chi connectivity index (χ2n) is 5.41. The zero-order valence-corrected chi connectivity index (χ0v) is 11.8. The molecule has 0 aromatic rings. The van der Waals surface area contributed by atoms with Gasteiger partial charge in [-0.2, -0.15) is 0 Å². The minimum atomic E-state index is -0.721. The molecule has 0 aromatic carbocycles. The summed E-state index contributed by atoms with van der Waals surface area (Å²) in [6.07, 6.45) is 2.08. The first-order valence-corrected chi connectivity index (χ1v) is 7.15. The highest BCUT2D eigenvalue weighted by Crippen LogP contribution is 2.27. The highest BCUT2D eigenvalue weighted by molar-refractivity contribution is 4.81. The van der Waals surface area contributed by atoms with Crippen molar-refractivity contribution in [1.82, 2.24) is 0 Å². The number of ether oxygens (including phenoxy) is 2. The Morgan fingerprint density at radius 3 is 2.50 bits per heavy atom. The van der Waals surface area contributed by atoms with Crippen LogP contribution < -0.4 is 0 Å². The molecular formula is C14H28O4. The first-order chi connectivity index (χ1) is 8.60. The fourth-order valence-corrected chi connectivity index (χ4v) is 2.85. The van der Waals surface area contributed by atoms with Gasteiger partial charge in [0, 0.05) is 6.42 Å². The third-order valence-electron chi connectivity index (χ3n) is 3.97. The summed E-state index contributed by atoms with van der Waals surface area (Å²) in [6.45, 7) is 7.20. The van der Waals surface area contributed by atoms with E-state index in [1.807, 2.05) is 0 Å². The third kappa shape index (κ3) is 4.50. The van der Waals surface area contributed by atoms with Crippen LogP contribution in [0.15, 0.2) is 0 Å². The topological polar surface area (TPSA) is 58.9 Å². The molecule has 108 valence electrons. The molecule has 18 heavy (non-hydrogen) atoms. The summed E-state index contributed by atoms with van der Waals surface area (Å²) in [5.74, 6) is 0.590. The van der Waals surface area contributed by atoms with E-state index in [1.54, 1.807) is 0 Å². The van der Waals surface area contributed by atoms with Gasteiger partial charge in [0.2, 0.25) is 0 Å². The lowest BCUT2D eigenvalue weighted by molar-refractivity contribution is -0.0567. The van der Waals surface area contributed by atoms with Crippen LogP contribution in [-0.2, 0) is 9.47 Å². The van der Waals surface area contributed by atoms with Crippen LogP contribution in [0.2, 0.25) is 0 Å². The number of aliphatic hydroxyl groups excluding tert-OH is 2. The molecule has 0 unspecified atom stereocenters. The summed E-state index contributed by atoms with van der Waals surface area (Å²) in [5, 5.41) is 20.4. The number of hydrogen-bond donors (Lipinski definition) is 2. The molecule has 0 saturated carbocycles. The van der Waals surface area contributed by atoms with E-state index >= 15 is 0 Å². The Morgan fingerprint density at radius 2 is 2.00 bits per heavy atom. The van der Waals surface area contributed by atoms with E-state index in [9.17, 15) is 10.2 Å². The van der Waals surface area contributed by atoms with Crippen molar-refractivity contribution in [3.63, 3.8) is 0 Å². The van der Waals surface area contributed by atoms with Crippen LogP contribution in [-0.4, -0.2) is 41.9 Å². The van der Waals surface area contributed by atoms with Crippen molar-refractivity contribution in [1.29, 1.82) is 0 Å². The van der Waals surface area contributed by atoms with Crippen LogP contribution in [0.3, 0.4) is 0 Å². The Bertz CT molecular complexity index is 216. The highest BCUT2D eigenvalue weighted by atomic mass is 16.7. The van der Waals surface area contributed by atoms with E-state index in [0.29, 0.717) is 25.7 Å². The molecule has 0 bridgehead atoms. The second-order valence-corrected chi connectivity index (χ2v) is 5.41. The lowest BCUT2D eigenvalue weighted by atomic mass is 9.81. The van der Waals surface area contributed by atoms with Gasteiger partial charge in [0.25, 0.3) is 0 Å². The van der Waals surface area contributed by atoms with Crippen molar-refractivity contribution in [2.45, 2.75) is 64.8 Å². The number of rotatable bonds is 8.